The third-order valence-corrected chi connectivity index (χ3v) is 3.05. The Hall–Kier alpha value is -0.430. The van der Waals surface area contributed by atoms with Crippen molar-refractivity contribution in [2.75, 3.05) is 0 Å². The Bertz CT molecular complexity index is 213. The summed E-state index contributed by atoms with van der Waals surface area (Å²) in [4.78, 5) is 30.8. The zero-order valence-corrected chi connectivity index (χ0v) is 7.44. The molecule has 0 fully saturated rings. The van der Waals surface area contributed by atoms with Crippen LogP contribution in [0.15, 0.2) is 0 Å². The van der Waals surface area contributed by atoms with Crippen molar-refractivity contribution in [1.29, 1.82) is 5.41 Å². The first-order chi connectivity index (χ1) is 4.98. The topological polar surface area (TPSA) is 191 Å². The van der Waals surface area contributed by atoms with E-state index in [0.29, 0.717) is 0 Å². The molecule has 0 atom stereocenters. The van der Waals surface area contributed by atoms with E-state index in [1.165, 1.54) is 0 Å². The minimum Gasteiger partial charge on any atom is -0.370 e. The van der Waals surface area contributed by atoms with E-state index in [9.17, 15) is 9.13 Å². The molecule has 0 aromatic heterocycles. The lowest BCUT2D eigenvalue weighted by Crippen LogP contribution is -2.20. The van der Waals surface area contributed by atoms with Crippen molar-refractivity contribution in [3.8, 4) is 0 Å². The van der Waals surface area contributed by atoms with Crippen molar-refractivity contribution >= 4 is 20.5 Å². The van der Waals surface area contributed by atoms with Gasteiger partial charge in [-0.2, -0.15) is 0 Å². The molecule has 0 amide bonds. The molecule has 0 aliphatic carbocycles. The van der Waals surface area contributed by atoms with Crippen LogP contribution in [0.5, 0.6) is 0 Å². The summed E-state index contributed by atoms with van der Waals surface area (Å²) in [5.41, 5.74) is 8.94. The Labute approximate surface area is 67.1 Å². The van der Waals surface area contributed by atoms with Crippen LogP contribution in [0.25, 0.3) is 0 Å². The van der Waals surface area contributed by atoms with Gasteiger partial charge >= 0.3 is 14.6 Å². The summed E-state index contributed by atoms with van der Waals surface area (Å²) in [6.07, 6.45) is 0. The average molecular weight is 221 g/mol. The normalized spacial score (nSPS) is 11.3. The van der Waals surface area contributed by atoms with Crippen LogP contribution in [0.3, 0.4) is 0 Å². The standard InChI is InChI=1S/CH5N3.H4O6P2/c2-1(3)4;1-7(2,3)8(4,5)6/h(H5,2,3,4);(H2,1,2,3)(H2,4,5,6). The number of hydrogen-bond donors (Lipinski definition) is 7. The summed E-state index contributed by atoms with van der Waals surface area (Å²) in [6.45, 7) is 0. The van der Waals surface area contributed by atoms with Crippen molar-refractivity contribution in [2.45, 2.75) is 0 Å². The molecular formula is CH9N3O6P2. The van der Waals surface area contributed by atoms with Crippen molar-refractivity contribution in [3.63, 3.8) is 0 Å². The van der Waals surface area contributed by atoms with E-state index >= 15 is 0 Å². The first kappa shape index (κ1) is 14.1. The maximum atomic E-state index is 9.58. The third kappa shape index (κ3) is 9.57. The molecule has 0 saturated carbocycles. The van der Waals surface area contributed by atoms with E-state index in [-0.39, 0.29) is 5.96 Å². The first-order valence-electron chi connectivity index (χ1n) is 2.19. The maximum Gasteiger partial charge on any atom is 0.435 e. The van der Waals surface area contributed by atoms with Crippen LogP contribution in [-0.4, -0.2) is 25.5 Å². The van der Waals surface area contributed by atoms with Crippen LogP contribution in [0, 0.1) is 5.41 Å². The zero-order chi connectivity index (χ0) is 10.6. The van der Waals surface area contributed by atoms with Gasteiger partial charge in [0, 0.05) is 0 Å². The van der Waals surface area contributed by atoms with Gasteiger partial charge in [-0.25, -0.2) is 9.13 Å². The van der Waals surface area contributed by atoms with E-state index in [4.69, 9.17) is 25.0 Å². The van der Waals surface area contributed by atoms with Crippen molar-refractivity contribution < 1.29 is 28.7 Å². The molecule has 0 radical (unpaired) electrons. The quantitative estimate of drug-likeness (QED) is 0.151. The smallest absolute Gasteiger partial charge is 0.370 e. The monoisotopic (exact) mass is 221 g/mol. The minimum absolute atomic E-state index is 0.333. The zero-order valence-electron chi connectivity index (χ0n) is 5.65. The SMILES string of the molecule is N=C(N)N.O=P(O)(O)P(=O)(O)O. The second-order valence-corrected chi connectivity index (χ2v) is 6.66. The van der Waals surface area contributed by atoms with E-state index in [0.717, 1.165) is 0 Å². The maximum absolute atomic E-state index is 9.58. The largest absolute Gasteiger partial charge is 0.435 e. The van der Waals surface area contributed by atoms with E-state index in [1.54, 1.807) is 0 Å². The lowest BCUT2D eigenvalue weighted by molar-refractivity contribution is 0.340. The highest BCUT2D eigenvalue weighted by Crippen LogP contribution is 2.71. The molecule has 0 rings (SSSR count). The molecule has 9 N–H and O–H groups in total. The van der Waals surface area contributed by atoms with Gasteiger partial charge in [-0.05, 0) is 0 Å². The lowest BCUT2D eigenvalue weighted by Gasteiger charge is -2.02. The van der Waals surface area contributed by atoms with Crippen LogP contribution in [-0.2, 0) is 9.13 Å². The van der Waals surface area contributed by atoms with Gasteiger partial charge in [-0.15, -0.1) is 0 Å². The van der Waals surface area contributed by atoms with E-state index < -0.39 is 14.6 Å². The van der Waals surface area contributed by atoms with Crippen LogP contribution in [0.1, 0.15) is 0 Å². The highest BCUT2D eigenvalue weighted by molar-refractivity contribution is 8.26. The van der Waals surface area contributed by atoms with Crippen LogP contribution in [0.2, 0.25) is 0 Å². The summed E-state index contributed by atoms with van der Waals surface area (Å²) in [5.74, 6) is -0.333. The molecule has 0 aliphatic heterocycles. The molecule has 0 saturated heterocycles. The van der Waals surface area contributed by atoms with Gasteiger partial charge in [0.1, 0.15) is 0 Å². The Balaban J connectivity index is 0. The lowest BCUT2D eigenvalue weighted by atomic mass is 11.1. The Kier molecular flexibility index (Phi) is 5.36. The fraction of sp³-hybridized carbons (Fsp3) is 0. The molecular weight excluding hydrogens is 212 g/mol. The summed E-state index contributed by atoms with van der Waals surface area (Å²) in [7, 11) is -10.4. The van der Waals surface area contributed by atoms with E-state index in [2.05, 4.69) is 11.5 Å². The number of hydrogen-bond acceptors (Lipinski definition) is 3. The third-order valence-electron chi connectivity index (χ3n) is 0.339. The first-order valence-corrected chi connectivity index (χ1v) is 6.12. The van der Waals surface area contributed by atoms with Gasteiger partial charge in [0.2, 0.25) is 0 Å². The minimum atomic E-state index is -5.18. The number of rotatable bonds is 1. The molecule has 74 valence electrons. The van der Waals surface area contributed by atoms with Gasteiger partial charge in [0.25, 0.3) is 0 Å². The van der Waals surface area contributed by atoms with Crippen molar-refractivity contribution in [1.82, 2.24) is 0 Å². The molecule has 0 bridgehead atoms. The van der Waals surface area contributed by atoms with Gasteiger partial charge < -0.3 is 31.0 Å². The van der Waals surface area contributed by atoms with E-state index in [1.807, 2.05) is 0 Å². The highest BCUT2D eigenvalue weighted by atomic mass is 32.1. The van der Waals surface area contributed by atoms with Gasteiger partial charge in [0.15, 0.2) is 5.96 Å². The van der Waals surface area contributed by atoms with Crippen molar-refractivity contribution in [3.05, 3.63) is 0 Å². The molecule has 0 unspecified atom stereocenters. The summed E-state index contributed by atoms with van der Waals surface area (Å²) in [6, 6.07) is 0. The molecule has 0 aromatic carbocycles. The Morgan fingerprint density at radius 2 is 1.08 bits per heavy atom. The van der Waals surface area contributed by atoms with Gasteiger partial charge in [-0.3, -0.25) is 5.41 Å². The number of nitrogens with one attached hydrogen (secondary N) is 1. The predicted molar refractivity (Wildman–Crippen MR) is 40.2 cm³/mol. The fourth-order valence-corrected chi connectivity index (χ4v) is 0. The molecule has 0 heterocycles. The van der Waals surface area contributed by atoms with Crippen LogP contribution >= 0.6 is 14.6 Å². The van der Waals surface area contributed by atoms with Gasteiger partial charge in [0.05, 0.1) is 0 Å². The molecule has 0 spiro atoms. The summed E-state index contributed by atoms with van der Waals surface area (Å²) in [5, 5.41) is 6.06. The number of guanidine groups is 1. The molecule has 0 aromatic rings. The molecule has 11 heteroatoms. The second kappa shape index (κ2) is 4.56. The van der Waals surface area contributed by atoms with Crippen LogP contribution < -0.4 is 11.5 Å². The molecule has 12 heavy (non-hydrogen) atoms. The second-order valence-electron chi connectivity index (χ2n) is 1.48. The molecule has 0 aliphatic rings. The Morgan fingerprint density at radius 1 is 1.00 bits per heavy atom. The molecule has 9 nitrogen and oxygen atoms in total. The highest BCUT2D eigenvalue weighted by Gasteiger charge is 2.37. The summed E-state index contributed by atoms with van der Waals surface area (Å²) < 4.78 is 19.2. The van der Waals surface area contributed by atoms with Gasteiger partial charge in [-0.1, -0.05) is 0 Å². The van der Waals surface area contributed by atoms with Crippen molar-refractivity contribution in [2.24, 2.45) is 11.5 Å². The average Bonchev–Trinajstić information content (AvgIpc) is 1.55. The fourth-order valence-electron chi connectivity index (χ4n) is 0. The summed E-state index contributed by atoms with van der Waals surface area (Å²) >= 11 is 0. The number of nitrogens with two attached hydrogens (primary N) is 2. The predicted octanol–water partition coefficient (Wildman–Crippen LogP) is -1.90. The Morgan fingerprint density at radius 3 is 1.08 bits per heavy atom. The van der Waals surface area contributed by atoms with Crippen LogP contribution in [0.4, 0.5) is 0 Å².